The van der Waals surface area contributed by atoms with Crippen LogP contribution in [0.3, 0.4) is 0 Å². The zero-order valence-corrected chi connectivity index (χ0v) is 16.2. The van der Waals surface area contributed by atoms with Gasteiger partial charge in [-0.2, -0.15) is 0 Å². The van der Waals surface area contributed by atoms with E-state index in [9.17, 15) is 18.3 Å². The number of phenolic OH excluding ortho intramolecular Hbond substituents is 1. The van der Waals surface area contributed by atoms with Gasteiger partial charge in [0.2, 0.25) is 15.9 Å². The van der Waals surface area contributed by atoms with E-state index in [0.29, 0.717) is 44.6 Å². The number of carbonyl (C=O) groups is 1. The van der Waals surface area contributed by atoms with Crippen LogP contribution in [0.2, 0.25) is 0 Å². The van der Waals surface area contributed by atoms with Crippen molar-refractivity contribution in [3.05, 3.63) is 23.8 Å². The lowest BCUT2D eigenvalue weighted by Crippen LogP contribution is -2.43. The Balaban J connectivity index is 1.83. The first kappa shape index (κ1) is 20.5. The molecule has 146 valence electrons. The Bertz CT molecular complexity index is 712. The molecule has 7 nitrogen and oxygen atoms in total. The Labute approximate surface area is 155 Å². The fraction of sp³-hybridized carbons (Fsp3) is 0.611. The van der Waals surface area contributed by atoms with Crippen molar-refractivity contribution in [1.29, 1.82) is 0 Å². The molecule has 0 aromatic heterocycles. The van der Waals surface area contributed by atoms with E-state index in [-0.39, 0.29) is 23.3 Å². The Morgan fingerprint density at radius 1 is 1.35 bits per heavy atom. The molecule has 1 saturated heterocycles. The van der Waals surface area contributed by atoms with Crippen molar-refractivity contribution < 1.29 is 23.1 Å². The van der Waals surface area contributed by atoms with Crippen LogP contribution in [0.1, 0.15) is 38.2 Å². The fourth-order valence-corrected chi connectivity index (χ4v) is 4.70. The van der Waals surface area contributed by atoms with Gasteiger partial charge in [-0.15, -0.1) is 0 Å². The second-order valence-electron chi connectivity index (χ2n) is 6.57. The van der Waals surface area contributed by atoms with E-state index in [2.05, 4.69) is 5.32 Å². The lowest BCUT2D eigenvalue weighted by molar-refractivity contribution is -0.126. The quantitative estimate of drug-likeness (QED) is 0.713. The molecule has 1 aliphatic rings. The molecular weight excluding hydrogens is 356 g/mol. The topological polar surface area (TPSA) is 95.9 Å². The normalized spacial score (nSPS) is 16.4. The zero-order valence-electron chi connectivity index (χ0n) is 15.4. The molecule has 0 atom stereocenters. The SMILES string of the molecule is CCCCS(=O)(=O)N1CCC(C(=O)NCc2ccc(O)c(OC)c2)CC1. The highest BCUT2D eigenvalue weighted by atomic mass is 32.2. The van der Waals surface area contributed by atoms with E-state index in [1.165, 1.54) is 17.5 Å². The number of unbranched alkanes of at least 4 members (excludes halogenated alkanes) is 1. The molecule has 1 amide bonds. The van der Waals surface area contributed by atoms with Gasteiger partial charge in [-0.25, -0.2) is 12.7 Å². The van der Waals surface area contributed by atoms with Gasteiger partial charge in [0.05, 0.1) is 12.9 Å². The maximum Gasteiger partial charge on any atom is 0.223 e. The van der Waals surface area contributed by atoms with Crippen LogP contribution in [-0.2, 0) is 21.4 Å². The lowest BCUT2D eigenvalue weighted by Gasteiger charge is -2.30. The fourth-order valence-electron chi connectivity index (χ4n) is 3.02. The molecule has 0 spiro atoms. The number of carbonyl (C=O) groups excluding carboxylic acids is 1. The third-order valence-electron chi connectivity index (χ3n) is 4.68. The number of hydrogen-bond donors (Lipinski definition) is 2. The summed E-state index contributed by atoms with van der Waals surface area (Å²) in [5.74, 6) is 0.360. The van der Waals surface area contributed by atoms with Crippen molar-refractivity contribution in [1.82, 2.24) is 9.62 Å². The lowest BCUT2D eigenvalue weighted by atomic mass is 9.97. The zero-order chi connectivity index (χ0) is 19.2. The van der Waals surface area contributed by atoms with Gasteiger partial charge in [0, 0.05) is 25.6 Å². The summed E-state index contributed by atoms with van der Waals surface area (Å²) in [5.41, 5.74) is 0.826. The van der Waals surface area contributed by atoms with Crippen molar-refractivity contribution in [2.75, 3.05) is 26.0 Å². The molecule has 1 fully saturated rings. The van der Waals surface area contributed by atoms with Crippen LogP contribution in [0, 0.1) is 5.92 Å². The second kappa shape index (κ2) is 9.23. The van der Waals surface area contributed by atoms with E-state index in [4.69, 9.17) is 4.74 Å². The molecule has 8 heteroatoms. The van der Waals surface area contributed by atoms with E-state index in [1.54, 1.807) is 12.1 Å². The molecule has 1 aromatic rings. The monoisotopic (exact) mass is 384 g/mol. The first-order valence-corrected chi connectivity index (χ1v) is 10.6. The van der Waals surface area contributed by atoms with Gasteiger partial charge in [0.15, 0.2) is 11.5 Å². The largest absolute Gasteiger partial charge is 0.504 e. The van der Waals surface area contributed by atoms with E-state index >= 15 is 0 Å². The molecule has 0 unspecified atom stereocenters. The number of sulfonamides is 1. The van der Waals surface area contributed by atoms with Crippen molar-refractivity contribution in [2.45, 2.75) is 39.2 Å². The third-order valence-corrected chi connectivity index (χ3v) is 6.64. The summed E-state index contributed by atoms with van der Waals surface area (Å²) in [4.78, 5) is 12.4. The van der Waals surface area contributed by atoms with Crippen LogP contribution in [0.25, 0.3) is 0 Å². The summed E-state index contributed by atoms with van der Waals surface area (Å²) < 4.78 is 31.0. The maximum atomic E-state index is 12.4. The molecule has 0 bridgehead atoms. The van der Waals surface area contributed by atoms with Crippen LogP contribution in [0.15, 0.2) is 18.2 Å². The molecule has 0 aliphatic carbocycles. The predicted octanol–water partition coefficient (Wildman–Crippen LogP) is 1.86. The van der Waals surface area contributed by atoms with Gasteiger partial charge in [0.25, 0.3) is 0 Å². The molecule has 0 saturated carbocycles. The standard InChI is InChI=1S/C18H28N2O5S/c1-3-4-11-26(23,24)20-9-7-15(8-10-20)18(22)19-13-14-5-6-16(21)17(12-14)25-2/h5-6,12,15,21H,3-4,7-11,13H2,1-2H3,(H,19,22). The molecule has 1 heterocycles. The number of rotatable bonds is 8. The third kappa shape index (κ3) is 5.35. The van der Waals surface area contributed by atoms with E-state index < -0.39 is 10.0 Å². The van der Waals surface area contributed by atoms with Gasteiger partial charge in [-0.05, 0) is 37.0 Å². The first-order valence-electron chi connectivity index (χ1n) is 8.98. The van der Waals surface area contributed by atoms with Gasteiger partial charge in [-0.3, -0.25) is 4.79 Å². The van der Waals surface area contributed by atoms with Crippen LogP contribution < -0.4 is 10.1 Å². The number of benzene rings is 1. The van der Waals surface area contributed by atoms with Crippen molar-refractivity contribution in [3.8, 4) is 11.5 Å². The Morgan fingerprint density at radius 3 is 2.65 bits per heavy atom. The minimum atomic E-state index is -3.20. The average Bonchev–Trinajstić information content (AvgIpc) is 2.65. The summed E-state index contributed by atoms with van der Waals surface area (Å²) >= 11 is 0. The molecule has 2 rings (SSSR count). The highest BCUT2D eigenvalue weighted by Gasteiger charge is 2.30. The molecule has 2 N–H and O–H groups in total. The highest BCUT2D eigenvalue weighted by Crippen LogP contribution is 2.26. The molecular formula is C18H28N2O5S. The maximum absolute atomic E-state index is 12.4. The Morgan fingerprint density at radius 2 is 2.04 bits per heavy atom. The number of piperidine rings is 1. The summed E-state index contributed by atoms with van der Waals surface area (Å²) in [5, 5.41) is 12.5. The Hall–Kier alpha value is -1.80. The number of phenols is 1. The molecule has 0 radical (unpaired) electrons. The van der Waals surface area contributed by atoms with Gasteiger partial charge in [0.1, 0.15) is 0 Å². The number of hydrogen-bond acceptors (Lipinski definition) is 5. The second-order valence-corrected chi connectivity index (χ2v) is 8.66. The summed E-state index contributed by atoms with van der Waals surface area (Å²) in [6.07, 6.45) is 2.59. The number of nitrogens with zero attached hydrogens (tertiary/aromatic N) is 1. The van der Waals surface area contributed by atoms with Crippen molar-refractivity contribution in [3.63, 3.8) is 0 Å². The number of amides is 1. The number of ether oxygens (including phenoxy) is 1. The predicted molar refractivity (Wildman–Crippen MR) is 99.5 cm³/mol. The van der Waals surface area contributed by atoms with Crippen LogP contribution in [0.5, 0.6) is 11.5 Å². The van der Waals surface area contributed by atoms with Gasteiger partial charge < -0.3 is 15.2 Å². The number of methoxy groups -OCH3 is 1. The average molecular weight is 384 g/mol. The first-order chi connectivity index (χ1) is 12.4. The molecule has 1 aliphatic heterocycles. The van der Waals surface area contributed by atoms with Crippen molar-refractivity contribution in [2.24, 2.45) is 5.92 Å². The summed E-state index contributed by atoms with van der Waals surface area (Å²) in [7, 11) is -1.73. The Kier molecular flexibility index (Phi) is 7.28. The van der Waals surface area contributed by atoms with Crippen LogP contribution in [-0.4, -0.2) is 49.7 Å². The minimum Gasteiger partial charge on any atom is -0.504 e. The van der Waals surface area contributed by atoms with Crippen molar-refractivity contribution >= 4 is 15.9 Å². The van der Waals surface area contributed by atoms with E-state index in [1.807, 2.05) is 6.92 Å². The van der Waals surface area contributed by atoms with Crippen LogP contribution in [0.4, 0.5) is 0 Å². The van der Waals surface area contributed by atoms with Crippen LogP contribution >= 0.6 is 0 Å². The van der Waals surface area contributed by atoms with E-state index in [0.717, 1.165) is 12.0 Å². The number of aromatic hydroxyl groups is 1. The highest BCUT2D eigenvalue weighted by molar-refractivity contribution is 7.89. The van der Waals surface area contributed by atoms with Gasteiger partial charge in [-0.1, -0.05) is 19.4 Å². The molecule has 1 aromatic carbocycles. The minimum absolute atomic E-state index is 0.0548. The van der Waals surface area contributed by atoms with Gasteiger partial charge >= 0.3 is 0 Å². The summed E-state index contributed by atoms with van der Waals surface area (Å²) in [6.45, 7) is 3.11. The number of nitrogens with one attached hydrogen (secondary N) is 1. The molecule has 26 heavy (non-hydrogen) atoms. The summed E-state index contributed by atoms with van der Waals surface area (Å²) in [6, 6.07) is 4.93. The smallest absolute Gasteiger partial charge is 0.223 e.